The number of thiol groups is 1. The summed E-state index contributed by atoms with van der Waals surface area (Å²) in [7, 11) is 0. The summed E-state index contributed by atoms with van der Waals surface area (Å²) in [4.78, 5) is 0. The molecule has 1 rings (SSSR count). The molecule has 0 bridgehead atoms. The zero-order valence-corrected chi connectivity index (χ0v) is 9.44. The molecule has 0 radical (unpaired) electrons. The molecule has 0 aliphatic rings. The van der Waals surface area contributed by atoms with Gasteiger partial charge in [0.2, 0.25) is 0 Å². The Bertz CT molecular complexity index is 330. The highest BCUT2D eigenvalue weighted by atomic mass is 32.1. The SMILES string of the molecule is CC(C)(CS)Cn1cc(C(F)(F)F)cn1. The van der Waals surface area contributed by atoms with Gasteiger partial charge in [0.25, 0.3) is 0 Å². The fourth-order valence-corrected chi connectivity index (χ4v) is 1.18. The van der Waals surface area contributed by atoms with Crippen LogP contribution in [0.15, 0.2) is 12.4 Å². The quantitative estimate of drug-likeness (QED) is 0.802. The summed E-state index contributed by atoms with van der Waals surface area (Å²) < 4.78 is 38.0. The summed E-state index contributed by atoms with van der Waals surface area (Å²) >= 11 is 4.13. The van der Waals surface area contributed by atoms with Crippen LogP contribution in [0, 0.1) is 5.41 Å². The fourth-order valence-electron chi connectivity index (χ4n) is 1.08. The predicted octanol–water partition coefficient (Wildman–Crippen LogP) is 2.86. The maximum atomic E-state index is 12.2. The Hall–Kier alpha value is -0.650. The van der Waals surface area contributed by atoms with Crippen LogP contribution in [0.1, 0.15) is 19.4 Å². The predicted molar refractivity (Wildman–Crippen MR) is 54.9 cm³/mol. The molecule has 0 aromatic carbocycles. The first-order chi connectivity index (χ1) is 6.74. The molecule has 1 aromatic heterocycles. The highest BCUT2D eigenvalue weighted by Crippen LogP contribution is 2.29. The zero-order valence-electron chi connectivity index (χ0n) is 8.54. The van der Waals surface area contributed by atoms with Gasteiger partial charge in [-0.15, -0.1) is 0 Å². The van der Waals surface area contributed by atoms with Crippen molar-refractivity contribution in [2.24, 2.45) is 5.41 Å². The van der Waals surface area contributed by atoms with Crippen LogP contribution in [0.2, 0.25) is 0 Å². The molecule has 0 aliphatic heterocycles. The Kier molecular flexibility index (Phi) is 3.38. The topological polar surface area (TPSA) is 17.8 Å². The van der Waals surface area contributed by atoms with E-state index in [1.54, 1.807) is 0 Å². The molecule has 0 atom stereocenters. The van der Waals surface area contributed by atoms with Crippen molar-refractivity contribution < 1.29 is 13.2 Å². The van der Waals surface area contributed by atoms with Crippen molar-refractivity contribution in [1.29, 1.82) is 0 Å². The van der Waals surface area contributed by atoms with Gasteiger partial charge in [-0.05, 0) is 11.2 Å². The number of rotatable bonds is 3. The van der Waals surface area contributed by atoms with E-state index < -0.39 is 11.7 Å². The molecule has 0 saturated heterocycles. The third-order valence-electron chi connectivity index (χ3n) is 1.98. The Morgan fingerprint density at radius 2 is 2.00 bits per heavy atom. The minimum Gasteiger partial charge on any atom is -0.272 e. The van der Waals surface area contributed by atoms with Gasteiger partial charge in [0.15, 0.2) is 0 Å². The summed E-state index contributed by atoms with van der Waals surface area (Å²) in [6, 6.07) is 0. The molecule has 15 heavy (non-hydrogen) atoms. The molecule has 0 unspecified atom stereocenters. The number of aromatic nitrogens is 2. The first-order valence-electron chi connectivity index (χ1n) is 4.45. The van der Waals surface area contributed by atoms with E-state index >= 15 is 0 Å². The lowest BCUT2D eigenvalue weighted by Gasteiger charge is -2.21. The van der Waals surface area contributed by atoms with Gasteiger partial charge in [0.05, 0.1) is 11.8 Å². The lowest BCUT2D eigenvalue weighted by molar-refractivity contribution is -0.137. The van der Waals surface area contributed by atoms with Crippen molar-refractivity contribution in [2.45, 2.75) is 26.6 Å². The standard InChI is InChI=1S/C9H13F3N2S/c1-8(2,6-15)5-14-4-7(3-13-14)9(10,11)12/h3-4,15H,5-6H2,1-2H3. The van der Waals surface area contributed by atoms with Gasteiger partial charge in [0.1, 0.15) is 0 Å². The van der Waals surface area contributed by atoms with Crippen molar-refractivity contribution in [3.05, 3.63) is 18.0 Å². The molecule has 1 aromatic rings. The molecule has 0 fully saturated rings. The summed E-state index contributed by atoms with van der Waals surface area (Å²) in [6.45, 7) is 4.27. The normalized spacial score (nSPS) is 13.2. The Morgan fingerprint density at radius 3 is 2.40 bits per heavy atom. The van der Waals surface area contributed by atoms with Gasteiger partial charge in [-0.3, -0.25) is 4.68 Å². The van der Waals surface area contributed by atoms with E-state index in [0.717, 1.165) is 12.4 Å². The fraction of sp³-hybridized carbons (Fsp3) is 0.667. The zero-order chi connectivity index (χ0) is 11.7. The monoisotopic (exact) mass is 238 g/mol. The van der Waals surface area contributed by atoms with Crippen molar-refractivity contribution in [3.63, 3.8) is 0 Å². The summed E-state index contributed by atoms with van der Waals surface area (Å²) in [5.41, 5.74) is -0.879. The molecular formula is C9H13F3N2S. The van der Waals surface area contributed by atoms with Crippen molar-refractivity contribution >= 4 is 12.6 Å². The number of halogens is 3. The summed E-state index contributed by atoms with van der Waals surface area (Å²) in [5.74, 6) is 0.591. The number of nitrogens with zero attached hydrogens (tertiary/aromatic N) is 2. The van der Waals surface area contributed by atoms with E-state index in [1.807, 2.05) is 13.8 Å². The molecule has 86 valence electrons. The molecule has 6 heteroatoms. The summed E-state index contributed by atoms with van der Waals surface area (Å²) in [5, 5.41) is 3.68. The van der Waals surface area contributed by atoms with Gasteiger partial charge >= 0.3 is 6.18 Å². The molecule has 0 aliphatic carbocycles. The van der Waals surface area contributed by atoms with Gasteiger partial charge in [-0.25, -0.2) is 0 Å². The van der Waals surface area contributed by atoms with E-state index in [2.05, 4.69) is 17.7 Å². The second-order valence-electron chi connectivity index (χ2n) is 4.25. The number of alkyl halides is 3. The lowest BCUT2D eigenvalue weighted by Crippen LogP contribution is -2.21. The first-order valence-corrected chi connectivity index (χ1v) is 5.08. The minimum atomic E-state index is -4.32. The van der Waals surface area contributed by atoms with E-state index in [-0.39, 0.29) is 5.41 Å². The van der Waals surface area contributed by atoms with E-state index in [9.17, 15) is 13.2 Å². The average molecular weight is 238 g/mol. The largest absolute Gasteiger partial charge is 0.419 e. The van der Waals surface area contributed by atoms with Gasteiger partial charge in [-0.2, -0.15) is 30.9 Å². The Morgan fingerprint density at radius 1 is 1.40 bits per heavy atom. The van der Waals surface area contributed by atoms with Gasteiger partial charge in [-0.1, -0.05) is 13.8 Å². The second kappa shape index (κ2) is 4.08. The van der Waals surface area contributed by atoms with Crippen LogP contribution in [0.4, 0.5) is 13.2 Å². The van der Waals surface area contributed by atoms with E-state index in [1.165, 1.54) is 4.68 Å². The van der Waals surface area contributed by atoms with Crippen LogP contribution in [-0.2, 0) is 12.7 Å². The molecule has 1 heterocycles. The first kappa shape index (κ1) is 12.4. The highest BCUT2D eigenvalue weighted by molar-refractivity contribution is 7.80. The average Bonchev–Trinajstić information content (AvgIpc) is 2.51. The maximum absolute atomic E-state index is 12.2. The van der Waals surface area contributed by atoms with Crippen LogP contribution >= 0.6 is 12.6 Å². The van der Waals surface area contributed by atoms with E-state index in [4.69, 9.17) is 0 Å². The van der Waals surface area contributed by atoms with Crippen molar-refractivity contribution in [3.8, 4) is 0 Å². The summed E-state index contributed by atoms with van der Waals surface area (Å²) in [6.07, 6.45) is -2.46. The molecular weight excluding hydrogens is 225 g/mol. The second-order valence-corrected chi connectivity index (χ2v) is 4.56. The van der Waals surface area contributed by atoms with Crippen LogP contribution < -0.4 is 0 Å². The van der Waals surface area contributed by atoms with E-state index in [0.29, 0.717) is 12.3 Å². The van der Waals surface area contributed by atoms with Crippen LogP contribution in [0.5, 0.6) is 0 Å². The molecule has 2 nitrogen and oxygen atoms in total. The lowest BCUT2D eigenvalue weighted by atomic mass is 9.97. The molecule has 0 spiro atoms. The Balaban J connectivity index is 2.78. The van der Waals surface area contributed by atoms with Crippen molar-refractivity contribution in [1.82, 2.24) is 9.78 Å². The molecule has 0 saturated carbocycles. The van der Waals surface area contributed by atoms with Gasteiger partial charge < -0.3 is 0 Å². The highest BCUT2D eigenvalue weighted by Gasteiger charge is 2.32. The minimum absolute atomic E-state index is 0.169. The Labute approximate surface area is 91.9 Å². The maximum Gasteiger partial charge on any atom is 0.419 e. The third-order valence-corrected chi connectivity index (χ3v) is 2.83. The molecule has 0 amide bonds. The van der Waals surface area contributed by atoms with Crippen LogP contribution in [0.25, 0.3) is 0 Å². The van der Waals surface area contributed by atoms with Crippen molar-refractivity contribution in [2.75, 3.05) is 5.75 Å². The van der Waals surface area contributed by atoms with Crippen LogP contribution in [0.3, 0.4) is 0 Å². The number of hydrogen-bond acceptors (Lipinski definition) is 2. The third kappa shape index (κ3) is 3.44. The van der Waals surface area contributed by atoms with Gasteiger partial charge in [0, 0.05) is 12.7 Å². The number of hydrogen-bond donors (Lipinski definition) is 1. The molecule has 0 N–H and O–H groups in total. The smallest absolute Gasteiger partial charge is 0.272 e. The van der Waals surface area contributed by atoms with Crippen LogP contribution in [-0.4, -0.2) is 15.5 Å².